The fourth-order valence-corrected chi connectivity index (χ4v) is 0.589. The Kier molecular flexibility index (Phi) is 82.8. The van der Waals surface area contributed by atoms with Crippen molar-refractivity contribution >= 4 is 11.3 Å². The molecule has 1 aromatic rings. The molecule has 1 rings (SSSR count). The molecule has 0 atom stereocenters. The second kappa shape index (κ2) is 30.7. The van der Waals surface area contributed by atoms with Crippen LogP contribution in [0.2, 0.25) is 0 Å². The minimum absolute atomic E-state index is 0. The average molecular weight is 202 g/mol. The summed E-state index contributed by atoms with van der Waals surface area (Å²) in [6, 6.07) is 3.86. The molecule has 1 nitrogen and oxygen atoms in total. The molecule has 0 amide bonds. The number of rotatable bonds is 0. The summed E-state index contributed by atoms with van der Waals surface area (Å²) in [7, 11) is 0. The summed E-state index contributed by atoms with van der Waals surface area (Å²) in [6.45, 7) is 4.75. The number of hydrogen-bond acceptors (Lipinski definition) is 2. The molecule has 1 heterocycles. The molecular formula is C6H6CuLi2NS+. The van der Waals surface area contributed by atoms with E-state index in [0.29, 0.717) is 0 Å². The second-order valence-electron chi connectivity index (χ2n) is 0.731. The molecule has 0 aliphatic heterocycles. The number of thiophene rings is 1. The minimum Gasteiger partial charge on any atom is -0.512 e. The zero-order chi connectivity index (χ0) is 5.54. The van der Waals surface area contributed by atoms with E-state index in [9.17, 15) is 0 Å². The van der Waals surface area contributed by atoms with Crippen LogP contribution in [0, 0.1) is 24.6 Å². The number of hydrogen-bond donors (Lipinski definition) is 0. The van der Waals surface area contributed by atoms with E-state index in [1.165, 1.54) is 0 Å². The van der Waals surface area contributed by atoms with Crippen molar-refractivity contribution in [3.05, 3.63) is 36.9 Å². The van der Waals surface area contributed by atoms with Gasteiger partial charge in [0.05, 0.1) is 0 Å². The fourth-order valence-electron chi connectivity index (χ4n) is 0.196. The van der Waals surface area contributed by atoms with Gasteiger partial charge in [0.2, 0.25) is 0 Å². The van der Waals surface area contributed by atoms with E-state index in [4.69, 9.17) is 11.8 Å². The van der Waals surface area contributed by atoms with Crippen LogP contribution in [0.3, 0.4) is 0 Å². The van der Waals surface area contributed by atoms with Gasteiger partial charge in [0.25, 0.3) is 0 Å². The maximum atomic E-state index is 6.25. The maximum absolute atomic E-state index is 6.25. The summed E-state index contributed by atoms with van der Waals surface area (Å²) >= 11 is 1.59. The van der Waals surface area contributed by atoms with Gasteiger partial charge >= 0.3 is 54.8 Å². The van der Waals surface area contributed by atoms with Crippen LogP contribution in [0.4, 0.5) is 0 Å². The maximum Gasteiger partial charge on any atom is 2.00 e. The van der Waals surface area contributed by atoms with E-state index in [-0.39, 0.29) is 62.2 Å². The smallest absolute Gasteiger partial charge is 0.512 e. The summed E-state index contributed by atoms with van der Waals surface area (Å²) in [4.78, 5) is 0. The summed E-state index contributed by atoms with van der Waals surface area (Å²) in [5.74, 6) is 0. The van der Waals surface area contributed by atoms with Crippen molar-refractivity contribution in [1.82, 2.24) is 0 Å². The number of nitrogens with zero attached hydrogens (tertiary/aromatic N) is 1. The molecule has 11 heavy (non-hydrogen) atoms. The second-order valence-corrected chi connectivity index (χ2v) is 1.47. The molecule has 0 saturated carbocycles. The van der Waals surface area contributed by atoms with Crippen LogP contribution in [0.1, 0.15) is 0 Å². The van der Waals surface area contributed by atoms with Gasteiger partial charge in [0.15, 0.2) is 0 Å². The molecule has 0 N–H and O–H groups in total. The van der Waals surface area contributed by atoms with Crippen molar-refractivity contribution in [3.63, 3.8) is 0 Å². The largest absolute Gasteiger partial charge is 2.00 e. The predicted octanol–water partition coefficient (Wildman–Crippen LogP) is -3.90. The molecule has 0 aliphatic carbocycles. The SMILES string of the molecule is [C-]#N.[CH3-].[Cu+2].[Li+].[Li+].[c-]1cccs1. The third-order valence-corrected chi connectivity index (χ3v) is 0.944. The van der Waals surface area contributed by atoms with E-state index in [0.717, 1.165) is 0 Å². The Labute approximate surface area is 107 Å². The summed E-state index contributed by atoms with van der Waals surface area (Å²) in [5.41, 5.74) is 0. The van der Waals surface area contributed by atoms with Crippen LogP contribution in [0.5, 0.6) is 0 Å². The van der Waals surface area contributed by atoms with Crippen LogP contribution in [-0.2, 0) is 17.1 Å². The quantitative estimate of drug-likeness (QED) is 0.311. The Morgan fingerprint density at radius 2 is 1.73 bits per heavy atom. The summed E-state index contributed by atoms with van der Waals surface area (Å²) < 4.78 is 0. The molecule has 0 bridgehead atoms. The van der Waals surface area contributed by atoms with Crippen molar-refractivity contribution in [2.24, 2.45) is 0 Å². The van der Waals surface area contributed by atoms with Crippen LogP contribution >= 0.6 is 11.3 Å². The third-order valence-electron chi connectivity index (χ3n) is 0.379. The first kappa shape index (κ1) is 29.7. The normalized spacial score (nSPS) is 3.82. The Balaban J connectivity index is -0.0000000189. The molecule has 0 saturated heterocycles. The van der Waals surface area contributed by atoms with Gasteiger partial charge in [-0.05, 0) is 0 Å². The van der Waals surface area contributed by atoms with Gasteiger partial charge < -0.3 is 30.6 Å². The van der Waals surface area contributed by atoms with E-state index in [2.05, 4.69) is 5.38 Å². The van der Waals surface area contributed by atoms with Gasteiger partial charge in [-0.3, -0.25) is 0 Å². The first-order valence-electron chi connectivity index (χ1n) is 1.62. The Morgan fingerprint density at radius 3 is 1.82 bits per heavy atom. The molecule has 1 radical (unpaired) electrons. The van der Waals surface area contributed by atoms with Crippen LogP contribution in [0.25, 0.3) is 0 Å². The molecular weight excluding hydrogens is 196 g/mol. The molecule has 0 spiro atoms. The van der Waals surface area contributed by atoms with Gasteiger partial charge in [0.1, 0.15) is 0 Å². The Morgan fingerprint density at radius 1 is 1.27 bits per heavy atom. The van der Waals surface area contributed by atoms with Gasteiger partial charge in [-0.1, -0.05) is 0 Å². The minimum atomic E-state index is 0. The van der Waals surface area contributed by atoms with Crippen molar-refractivity contribution in [1.29, 1.82) is 5.26 Å². The molecule has 53 valence electrons. The van der Waals surface area contributed by atoms with Gasteiger partial charge in [0, 0.05) is 0 Å². The van der Waals surface area contributed by atoms with Gasteiger partial charge in [-0.2, -0.15) is 11.4 Å². The first-order chi connectivity index (χ1) is 3.50. The zero-order valence-corrected chi connectivity index (χ0v) is 8.65. The molecule has 1 aromatic heterocycles. The average Bonchev–Trinajstić information content (AvgIpc) is 2.23. The van der Waals surface area contributed by atoms with Gasteiger partial charge in [-0.15, -0.1) is 5.38 Å². The van der Waals surface area contributed by atoms with Gasteiger partial charge in [-0.25, -0.2) is 6.07 Å². The van der Waals surface area contributed by atoms with Crippen molar-refractivity contribution in [2.75, 3.05) is 0 Å². The van der Waals surface area contributed by atoms with Crippen molar-refractivity contribution < 1.29 is 54.8 Å². The summed E-state index contributed by atoms with van der Waals surface area (Å²) in [5, 5.41) is 11.1. The summed E-state index contributed by atoms with van der Waals surface area (Å²) in [6.07, 6.45) is 0. The van der Waals surface area contributed by atoms with Crippen LogP contribution in [0.15, 0.2) is 17.5 Å². The van der Waals surface area contributed by atoms with Crippen molar-refractivity contribution in [3.8, 4) is 0 Å². The molecule has 0 aliphatic rings. The van der Waals surface area contributed by atoms with Crippen molar-refractivity contribution in [2.45, 2.75) is 0 Å². The topological polar surface area (TPSA) is 23.8 Å². The Hall–Kier alpha value is 0.904. The zero-order valence-electron chi connectivity index (χ0n) is 6.89. The fraction of sp³-hybridized carbons (Fsp3) is 0. The van der Waals surface area contributed by atoms with E-state index in [1.807, 2.05) is 17.5 Å². The molecule has 0 aromatic carbocycles. The monoisotopic (exact) mass is 201 g/mol. The van der Waals surface area contributed by atoms with E-state index in [1.54, 1.807) is 11.3 Å². The molecule has 0 fully saturated rings. The van der Waals surface area contributed by atoms with Crippen LogP contribution < -0.4 is 37.7 Å². The van der Waals surface area contributed by atoms with Crippen LogP contribution in [-0.4, -0.2) is 0 Å². The molecule has 0 unspecified atom stereocenters. The standard InChI is InChI=1S/C4H3S.CN.CH3.Cu.2Li/c1-2-4-5-3-1;1-2;;;;/h1-3H;;1H3;;;/q3*-1;+2;2*+1. The third kappa shape index (κ3) is 24.8. The van der Waals surface area contributed by atoms with E-state index >= 15 is 0 Å². The Bertz CT molecular complexity index is 104. The van der Waals surface area contributed by atoms with E-state index < -0.39 is 0 Å². The molecule has 5 heteroatoms. The predicted molar refractivity (Wildman–Crippen MR) is 34.5 cm³/mol. The first-order valence-corrected chi connectivity index (χ1v) is 2.50.